The second-order valence-corrected chi connectivity index (χ2v) is 11.4. The van der Waals surface area contributed by atoms with Crippen LogP contribution >= 0.6 is 11.6 Å². The fourth-order valence-corrected chi connectivity index (χ4v) is 7.25. The molecular formula is C21H28ClN5O4S. The summed E-state index contributed by atoms with van der Waals surface area (Å²) in [5.74, 6) is -0.196. The number of sulfonamides is 1. The van der Waals surface area contributed by atoms with Crippen molar-refractivity contribution in [2.75, 3.05) is 53.5 Å². The second-order valence-electron chi connectivity index (χ2n) is 9.07. The molecule has 32 heavy (non-hydrogen) atoms. The van der Waals surface area contributed by atoms with E-state index in [1.165, 1.54) is 4.31 Å². The molecule has 11 heteroatoms. The van der Waals surface area contributed by atoms with E-state index in [-0.39, 0.29) is 36.2 Å². The van der Waals surface area contributed by atoms with E-state index in [0.717, 1.165) is 25.9 Å². The second kappa shape index (κ2) is 7.68. The summed E-state index contributed by atoms with van der Waals surface area (Å²) < 4.78 is 34.1. The van der Waals surface area contributed by atoms with Crippen molar-refractivity contribution in [3.63, 3.8) is 0 Å². The van der Waals surface area contributed by atoms with Gasteiger partial charge in [0.25, 0.3) is 10.0 Å². The molecule has 0 radical (unpaired) electrons. The van der Waals surface area contributed by atoms with Crippen LogP contribution in [-0.2, 0) is 19.6 Å². The SMILES string of the molecule is COCC12CN(S(=O)(=O)c3cc4cc(Cl)ccc4[nH]3)CC(=O)N1CC1(CCNCC1)N2C. The molecule has 5 rings (SSSR count). The molecule has 1 aromatic heterocycles. The van der Waals surface area contributed by atoms with Gasteiger partial charge in [0.2, 0.25) is 5.91 Å². The van der Waals surface area contributed by atoms with E-state index in [9.17, 15) is 13.2 Å². The number of piperidine rings is 1. The van der Waals surface area contributed by atoms with Gasteiger partial charge in [-0.25, -0.2) is 8.42 Å². The Morgan fingerprint density at radius 3 is 2.66 bits per heavy atom. The lowest BCUT2D eigenvalue weighted by Gasteiger charge is -2.50. The van der Waals surface area contributed by atoms with Crippen LogP contribution < -0.4 is 5.32 Å². The van der Waals surface area contributed by atoms with Crippen molar-refractivity contribution in [1.29, 1.82) is 0 Å². The van der Waals surface area contributed by atoms with Gasteiger partial charge in [0.1, 0.15) is 10.7 Å². The Balaban J connectivity index is 1.53. The van der Waals surface area contributed by atoms with Gasteiger partial charge in [-0.05, 0) is 57.2 Å². The number of aromatic amines is 1. The minimum atomic E-state index is -3.94. The first-order chi connectivity index (χ1) is 15.2. The highest BCUT2D eigenvalue weighted by Crippen LogP contribution is 2.44. The maximum Gasteiger partial charge on any atom is 0.259 e. The minimum Gasteiger partial charge on any atom is -0.381 e. The molecule has 2 N–H and O–H groups in total. The number of carbonyl (C=O) groups is 1. The molecule has 1 spiro atoms. The molecule has 3 aliphatic rings. The van der Waals surface area contributed by atoms with Gasteiger partial charge in [0.05, 0.1) is 19.7 Å². The van der Waals surface area contributed by atoms with Crippen molar-refractivity contribution in [3.8, 4) is 0 Å². The van der Waals surface area contributed by atoms with E-state index in [1.807, 2.05) is 11.9 Å². The van der Waals surface area contributed by atoms with Gasteiger partial charge >= 0.3 is 0 Å². The Hall–Kier alpha value is -1.69. The topological polar surface area (TPSA) is 98.0 Å². The van der Waals surface area contributed by atoms with Gasteiger partial charge in [0.15, 0.2) is 0 Å². The Kier molecular flexibility index (Phi) is 5.31. The third-order valence-electron chi connectivity index (χ3n) is 7.42. The number of hydrogen-bond donors (Lipinski definition) is 2. The zero-order valence-electron chi connectivity index (χ0n) is 18.2. The number of likely N-dealkylation sites (N-methyl/N-ethyl adjacent to an activating group) is 1. The highest BCUT2D eigenvalue weighted by Gasteiger charge is 2.62. The van der Waals surface area contributed by atoms with Crippen molar-refractivity contribution in [3.05, 3.63) is 29.3 Å². The van der Waals surface area contributed by atoms with E-state index in [2.05, 4.69) is 15.2 Å². The zero-order valence-corrected chi connectivity index (χ0v) is 19.8. The number of halogens is 1. The van der Waals surface area contributed by atoms with Crippen LogP contribution in [0.3, 0.4) is 0 Å². The van der Waals surface area contributed by atoms with Crippen LogP contribution in [0.5, 0.6) is 0 Å². The summed E-state index contributed by atoms with van der Waals surface area (Å²) in [5, 5.41) is 4.68. The third-order valence-corrected chi connectivity index (χ3v) is 9.37. The van der Waals surface area contributed by atoms with E-state index in [0.29, 0.717) is 22.5 Å². The first-order valence-corrected chi connectivity index (χ1v) is 12.6. The Morgan fingerprint density at radius 2 is 1.94 bits per heavy atom. The van der Waals surface area contributed by atoms with Gasteiger partial charge in [-0.2, -0.15) is 4.31 Å². The van der Waals surface area contributed by atoms with Crippen molar-refractivity contribution in [2.24, 2.45) is 0 Å². The van der Waals surface area contributed by atoms with Crippen LogP contribution in [0.15, 0.2) is 29.3 Å². The first kappa shape index (κ1) is 22.1. The standard InChI is InChI=1S/C21H28ClN5O4S/c1-25-20(5-7-23-8-6-20)12-27-19(28)11-26(13-21(25,27)14-31-2)32(29,30)18-10-15-9-16(22)3-4-17(15)24-18/h3-4,9-10,23-24H,5-8,11-14H2,1-2H3. The number of methoxy groups -OCH3 is 1. The first-order valence-electron chi connectivity index (χ1n) is 10.7. The number of benzene rings is 1. The molecule has 1 amide bonds. The maximum absolute atomic E-state index is 13.6. The largest absolute Gasteiger partial charge is 0.381 e. The molecule has 0 aliphatic carbocycles. The van der Waals surface area contributed by atoms with Crippen molar-refractivity contribution in [1.82, 2.24) is 24.4 Å². The highest BCUT2D eigenvalue weighted by molar-refractivity contribution is 7.89. The number of aromatic nitrogens is 1. The average molecular weight is 482 g/mol. The van der Waals surface area contributed by atoms with E-state index in [4.69, 9.17) is 16.3 Å². The Morgan fingerprint density at radius 1 is 1.19 bits per heavy atom. The number of piperazine rings is 1. The molecule has 0 bridgehead atoms. The molecule has 1 atom stereocenters. The Bertz CT molecular complexity index is 1160. The lowest BCUT2D eigenvalue weighted by molar-refractivity contribution is -0.152. The van der Waals surface area contributed by atoms with Crippen molar-refractivity contribution < 1.29 is 17.9 Å². The van der Waals surface area contributed by atoms with Crippen LogP contribution in [0.25, 0.3) is 10.9 Å². The summed E-state index contributed by atoms with van der Waals surface area (Å²) in [6.07, 6.45) is 1.79. The fourth-order valence-electron chi connectivity index (χ4n) is 5.62. The molecule has 174 valence electrons. The summed E-state index contributed by atoms with van der Waals surface area (Å²) in [4.78, 5) is 20.4. The zero-order chi connectivity index (χ0) is 22.7. The molecule has 9 nitrogen and oxygen atoms in total. The minimum absolute atomic E-state index is 0.0563. The number of ether oxygens (including phenoxy) is 1. The predicted octanol–water partition coefficient (Wildman–Crippen LogP) is 1.06. The van der Waals surface area contributed by atoms with Crippen LogP contribution in [-0.4, -0.2) is 98.1 Å². The summed E-state index contributed by atoms with van der Waals surface area (Å²) in [6, 6.07) is 6.74. The van der Waals surface area contributed by atoms with E-state index in [1.54, 1.807) is 31.4 Å². The van der Waals surface area contributed by atoms with Crippen LogP contribution in [0.1, 0.15) is 12.8 Å². The molecular weight excluding hydrogens is 454 g/mol. The molecule has 3 fully saturated rings. The molecule has 3 aliphatic heterocycles. The maximum atomic E-state index is 13.6. The molecule has 4 heterocycles. The smallest absolute Gasteiger partial charge is 0.259 e. The van der Waals surface area contributed by atoms with Crippen molar-refractivity contribution in [2.45, 2.75) is 29.1 Å². The van der Waals surface area contributed by atoms with Gasteiger partial charge in [-0.15, -0.1) is 0 Å². The van der Waals surface area contributed by atoms with Crippen LogP contribution in [0.2, 0.25) is 5.02 Å². The van der Waals surface area contributed by atoms with Crippen molar-refractivity contribution >= 4 is 38.4 Å². The quantitative estimate of drug-likeness (QED) is 0.677. The summed E-state index contributed by atoms with van der Waals surface area (Å²) in [7, 11) is -0.348. The monoisotopic (exact) mass is 481 g/mol. The number of amides is 1. The number of nitrogens with one attached hydrogen (secondary N) is 2. The molecule has 3 saturated heterocycles. The van der Waals surface area contributed by atoms with Gasteiger partial charge in [-0.3, -0.25) is 9.69 Å². The van der Waals surface area contributed by atoms with Crippen LogP contribution in [0.4, 0.5) is 0 Å². The van der Waals surface area contributed by atoms with Gasteiger partial charge < -0.3 is 19.9 Å². The highest BCUT2D eigenvalue weighted by atomic mass is 35.5. The van der Waals surface area contributed by atoms with Crippen LogP contribution in [0, 0.1) is 0 Å². The fraction of sp³-hybridized carbons (Fsp3) is 0.571. The lowest BCUT2D eigenvalue weighted by Crippen LogP contribution is -2.70. The number of rotatable bonds is 4. The molecule has 1 unspecified atom stereocenters. The molecule has 0 saturated carbocycles. The number of fused-ring (bicyclic) bond motifs is 2. The predicted molar refractivity (Wildman–Crippen MR) is 121 cm³/mol. The third kappa shape index (κ3) is 3.19. The van der Waals surface area contributed by atoms with E-state index >= 15 is 0 Å². The van der Waals surface area contributed by atoms with E-state index < -0.39 is 15.7 Å². The lowest BCUT2D eigenvalue weighted by atomic mass is 9.87. The summed E-state index contributed by atoms with van der Waals surface area (Å²) >= 11 is 6.06. The summed E-state index contributed by atoms with van der Waals surface area (Å²) in [6.45, 7) is 2.53. The number of carbonyl (C=O) groups excluding carboxylic acids is 1. The number of H-pyrrole nitrogens is 1. The Labute approximate surface area is 192 Å². The molecule has 2 aromatic rings. The van der Waals surface area contributed by atoms with Gasteiger partial charge in [0, 0.05) is 35.1 Å². The number of hydrogen-bond acceptors (Lipinski definition) is 6. The molecule has 1 aromatic carbocycles. The summed E-state index contributed by atoms with van der Waals surface area (Å²) in [5.41, 5.74) is -0.350. The van der Waals surface area contributed by atoms with Gasteiger partial charge in [-0.1, -0.05) is 11.6 Å². The normalized spacial score (nSPS) is 26.8. The number of nitrogens with zero attached hydrogens (tertiary/aromatic N) is 3. The average Bonchev–Trinajstić information content (AvgIpc) is 3.29.